The van der Waals surface area contributed by atoms with Gasteiger partial charge >= 0.3 is 0 Å². The second kappa shape index (κ2) is 5.70. The van der Waals surface area contributed by atoms with Crippen molar-refractivity contribution in [1.29, 1.82) is 0 Å². The van der Waals surface area contributed by atoms with E-state index in [4.69, 9.17) is 5.73 Å². The Morgan fingerprint density at radius 3 is 2.80 bits per heavy atom. The van der Waals surface area contributed by atoms with Crippen LogP contribution in [0.4, 0.5) is 11.4 Å². The Morgan fingerprint density at radius 1 is 1.45 bits per heavy atom. The maximum Gasteiger partial charge on any atom is 0.269 e. The predicted octanol–water partition coefficient (Wildman–Crippen LogP) is 1.54. The molecule has 2 rings (SSSR count). The van der Waals surface area contributed by atoms with Crippen LogP contribution in [0.25, 0.3) is 0 Å². The zero-order chi connectivity index (χ0) is 14.7. The second-order valence-corrected chi connectivity index (χ2v) is 4.83. The highest BCUT2D eigenvalue weighted by molar-refractivity contribution is 5.52. The minimum atomic E-state index is -0.413. The Hall–Kier alpha value is -2.41. The number of nitro groups is 1. The van der Waals surface area contributed by atoms with Gasteiger partial charge in [0, 0.05) is 49.7 Å². The van der Waals surface area contributed by atoms with Gasteiger partial charge in [-0.2, -0.15) is 5.10 Å². The Labute approximate surface area is 116 Å². The summed E-state index contributed by atoms with van der Waals surface area (Å²) in [5.74, 6) is 0. The van der Waals surface area contributed by atoms with Crippen LogP contribution in [0.5, 0.6) is 0 Å². The number of nitrogens with two attached hydrogens (primary N) is 1. The normalized spacial score (nSPS) is 10.9. The fourth-order valence-electron chi connectivity index (χ4n) is 2.05. The zero-order valence-corrected chi connectivity index (χ0v) is 11.5. The predicted molar refractivity (Wildman–Crippen MR) is 75.9 cm³/mol. The molecule has 1 aromatic heterocycles. The fraction of sp³-hybridized carbons (Fsp3) is 0.308. The fourth-order valence-corrected chi connectivity index (χ4v) is 2.05. The van der Waals surface area contributed by atoms with Crippen LogP contribution in [0.15, 0.2) is 30.6 Å². The maximum atomic E-state index is 10.8. The molecule has 0 aliphatic rings. The number of rotatable bonds is 5. The van der Waals surface area contributed by atoms with Crippen LogP contribution in [0.3, 0.4) is 0 Å². The van der Waals surface area contributed by atoms with Crippen LogP contribution in [0, 0.1) is 10.1 Å². The first-order chi connectivity index (χ1) is 9.45. The highest BCUT2D eigenvalue weighted by atomic mass is 16.6. The summed E-state index contributed by atoms with van der Waals surface area (Å²) in [5, 5.41) is 14.9. The molecule has 0 saturated heterocycles. The van der Waals surface area contributed by atoms with Crippen molar-refractivity contribution < 1.29 is 4.92 Å². The number of hydrogen-bond donors (Lipinski definition) is 1. The number of aryl methyl sites for hydroxylation is 1. The van der Waals surface area contributed by atoms with E-state index >= 15 is 0 Å². The molecule has 1 heterocycles. The smallest absolute Gasteiger partial charge is 0.269 e. The highest BCUT2D eigenvalue weighted by Gasteiger charge is 2.11. The molecular weight excluding hydrogens is 258 g/mol. The minimum absolute atomic E-state index is 0.0592. The van der Waals surface area contributed by atoms with E-state index in [-0.39, 0.29) is 5.69 Å². The number of benzene rings is 1. The summed E-state index contributed by atoms with van der Waals surface area (Å²) >= 11 is 0. The lowest BCUT2D eigenvalue weighted by Crippen LogP contribution is -2.18. The Balaban J connectivity index is 2.08. The van der Waals surface area contributed by atoms with Crippen LogP contribution < -0.4 is 5.73 Å². The van der Waals surface area contributed by atoms with Crippen LogP contribution in [-0.4, -0.2) is 26.7 Å². The van der Waals surface area contributed by atoms with E-state index in [1.807, 2.05) is 25.2 Å². The van der Waals surface area contributed by atoms with E-state index in [1.165, 1.54) is 12.1 Å². The molecule has 0 atom stereocenters. The average Bonchev–Trinajstić information content (AvgIpc) is 2.77. The van der Waals surface area contributed by atoms with Gasteiger partial charge < -0.3 is 5.73 Å². The summed E-state index contributed by atoms with van der Waals surface area (Å²) < 4.78 is 1.74. The molecule has 0 unspecified atom stereocenters. The van der Waals surface area contributed by atoms with Crippen molar-refractivity contribution in [2.45, 2.75) is 13.1 Å². The quantitative estimate of drug-likeness (QED) is 0.508. The third-order valence-electron chi connectivity index (χ3n) is 2.99. The lowest BCUT2D eigenvalue weighted by atomic mass is 10.1. The van der Waals surface area contributed by atoms with Crippen molar-refractivity contribution in [1.82, 2.24) is 14.7 Å². The Kier molecular flexibility index (Phi) is 3.99. The van der Waals surface area contributed by atoms with Gasteiger partial charge in [0.1, 0.15) is 0 Å². The first-order valence-corrected chi connectivity index (χ1v) is 6.14. The lowest BCUT2D eigenvalue weighted by molar-refractivity contribution is -0.384. The molecule has 0 fully saturated rings. The van der Waals surface area contributed by atoms with Crippen molar-refractivity contribution in [3.05, 3.63) is 51.8 Å². The van der Waals surface area contributed by atoms with Crippen LogP contribution in [0.2, 0.25) is 0 Å². The van der Waals surface area contributed by atoms with Gasteiger partial charge in [-0.05, 0) is 18.7 Å². The summed E-state index contributed by atoms with van der Waals surface area (Å²) in [6.07, 6.45) is 3.74. The molecule has 0 spiro atoms. The molecule has 0 aliphatic heterocycles. The van der Waals surface area contributed by atoms with Crippen LogP contribution >= 0.6 is 0 Å². The molecule has 0 bridgehead atoms. The van der Waals surface area contributed by atoms with Gasteiger partial charge in [0.2, 0.25) is 0 Å². The number of aromatic nitrogens is 2. The first kappa shape index (κ1) is 14.0. The van der Waals surface area contributed by atoms with Crippen molar-refractivity contribution in [2.24, 2.45) is 7.05 Å². The van der Waals surface area contributed by atoms with Gasteiger partial charge in [0.05, 0.1) is 11.1 Å². The summed E-state index contributed by atoms with van der Waals surface area (Å²) in [6.45, 7) is 1.25. The van der Waals surface area contributed by atoms with E-state index in [2.05, 4.69) is 5.10 Å². The third-order valence-corrected chi connectivity index (χ3v) is 2.99. The van der Waals surface area contributed by atoms with E-state index < -0.39 is 4.92 Å². The van der Waals surface area contributed by atoms with Crippen LogP contribution in [0.1, 0.15) is 11.1 Å². The molecule has 2 aromatic rings. The number of non-ortho nitro benzene ring substituents is 1. The monoisotopic (exact) mass is 275 g/mol. The largest absolute Gasteiger partial charge is 0.398 e. The van der Waals surface area contributed by atoms with Gasteiger partial charge in [-0.15, -0.1) is 0 Å². The van der Waals surface area contributed by atoms with E-state index in [0.29, 0.717) is 18.8 Å². The lowest BCUT2D eigenvalue weighted by Gasteiger charge is -2.16. The summed E-state index contributed by atoms with van der Waals surface area (Å²) in [6, 6.07) is 4.51. The molecule has 0 saturated carbocycles. The van der Waals surface area contributed by atoms with Gasteiger partial charge in [-0.25, -0.2) is 0 Å². The standard InChI is InChI=1S/C13H17N5O2/c1-16(7-10-6-15-17(2)8-10)9-11-5-12(18(19)20)3-4-13(11)14/h3-6,8H,7,9,14H2,1-2H3. The number of nitrogen functional groups attached to an aromatic ring is 1. The van der Waals surface area contributed by atoms with Crippen molar-refractivity contribution in [3.63, 3.8) is 0 Å². The summed E-state index contributed by atoms with van der Waals surface area (Å²) in [4.78, 5) is 12.4. The summed E-state index contributed by atoms with van der Waals surface area (Å²) in [5.41, 5.74) is 8.33. The van der Waals surface area contributed by atoms with Crippen LogP contribution in [-0.2, 0) is 20.1 Å². The number of nitro benzene ring substituents is 1. The Morgan fingerprint density at radius 2 is 2.20 bits per heavy atom. The number of nitrogens with zero attached hydrogens (tertiary/aromatic N) is 4. The molecule has 7 nitrogen and oxygen atoms in total. The molecule has 0 aliphatic carbocycles. The Bertz CT molecular complexity index is 623. The van der Waals surface area contributed by atoms with Gasteiger partial charge in [-0.3, -0.25) is 19.7 Å². The minimum Gasteiger partial charge on any atom is -0.398 e. The van der Waals surface area contributed by atoms with E-state index in [9.17, 15) is 10.1 Å². The van der Waals surface area contributed by atoms with Crippen molar-refractivity contribution in [3.8, 4) is 0 Å². The SMILES string of the molecule is CN(Cc1cnn(C)c1)Cc1cc([N+](=O)[O-])ccc1N. The topological polar surface area (TPSA) is 90.2 Å². The molecular formula is C13H17N5O2. The first-order valence-electron chi connectivity index (χ1n) is 6.14. The molecule has 2 N–H and O–H groups in total. The molecule has 0 radical (unpaired) electrons. The van der Waals surface area contributed by atoms with Crippen molar-refractivity contribution >= 4 is 11.4 Å². The molecule has 20 heavy (non-hydrogen) atoms. The molecule has 106 valence electrons. The molecule has 7 heteroatoms. The highest BCUT2D eigenvalue weighted by Crippen LogP contribution is 2.21. The van der Waals surface area contributed by atoms with Gasteiger partial charge in [0.25, 0.3) is 5.69 Å². The van der Waals surface area contributed by atoms with E-state index in [1.54, 1.807) is 16.9 Å². The average molecular weight is 275 g/mol. The molecule has 0 amide bonds. The van der Waals surface area contributed by atoms with Gasteiger partial charge in [-0.1, -0.05) is 0 Å². The zero-order valence-electron chi connectivity index (χ0n) is 11.5. The number of hydrogen-bond acceptors (Lipinski definition) is 5. The van der Waals surface area contributed by atoms with E-state index in [0.717, 1.165) is 11.1 Å². The number of anilines is 1. The third kappa shape index (κ3) is 3.33. The maximum absolute atomic E-state index is 10.8. The second-order valence-electron chi connectivity index (χ2n) is 4.83. The summed E-state index contributed by atoms with van der Waals surface area (Å²) in [7, 11) is 3.80. The van der Waals surface area contributed by atoms with Gasteiger partial charge in [0.15, 0.2) is 0 Å². The molecule has 1 aromatic carbocycles. The van der Waals surface area contributed by atoms with Crippen molar-refractivity contribution in [2.75, 3.05) is 12.8 Å².